The number of aromatic nitrogens is 2. The highest BCUT2D eigenvalue weighted by atomic mass is 16.2. The van der Waals surface area contributed by atoms with Crippen molar-refractivity contribution in [3.05, 3.63) is 82.5 Å². The van der Waals surface area contributed by atoms with E-state index in [1.54, 1.807) is 23.1 Å². The van der Waals surface area contributed by atoms with Crippen LogP contribution in [0.4, 0.5) is 10.6 Å². The van der Waals surface area contributed by atoms with Gasteiger partial charge < -0.3 is 15.5 Å². The Bertz CT molecular complexity index is 1100. The number of benzene rings is 2. The second-order valence-electron chi connectivity index (χ2n) is 6.68. The van der Waals surface area contributed by atoms with E-state index in [-0.39, 0.29) is 11.9 Å². The number of fused-ring (bicyclic) bond motifs is 1. The maximum atomic E-state index is 12.5. The zero-order valence-corrected chi connectivity index (χ0v) is 15.5. The molecule has 1 aromatic heterocycles. The lowest BCUT2D eigenvalue weighted by atomic mass is 10.1. The first-order valence-electron chi connectivity index (χ1n) is 9.08. The third-order valence-corrected chi connectivity index (χ3v) is 4.71. The molecule has 3 aromatic rings. The lowest BCUT2D eigenvalue weighted by Crippen LogP contribution is -2.36. The van der Waals surface area contributed by atoms with Crippen molar-refractivity contribution in [1.29, 1.82) is 5.26 Å². The van der Waals surface area contributed by atoms with Gasteiger partial charge in [-0.2, -0.15) is 10.4 Å². The third-order valence-electron chi connectivity index (χ3n) is 4.71. The summed E-state index contributed by atoms with van der Waals surface area (Å²) < 4.78 is 0. The molecule has 2 heterocycles. The summed E-state index contributed by atoms with van der Waals surface area (Å²) in [5.41, 5.74) is 3.38. The molecule has 0 spiro atoms. The first-order valence-corrected chi connectivity index (χ1v) is 9.08. The van der Waals surface area contributed by atoms with E-state index >= 15 is 0 Å². The van der Waals surface area contributed by atoms with E-state index in [2.05, 4.69) is 20.8 Å². The average molecular weight is 386 g/mol. The summed E-state index contributed by atoms with van der Waals surface area (Å²) in [6, 6.07) is 17.9. The van der Waals surface area contributed by atoms with Gasteiger partial charge >= 0.3 is 6.03 Å². The van der Waals surface area contributed by atoms with Gasteiger partial charge in [-0.1, -0.05) is 36.4 Å². The first-order chi connectivity index (χ1) is 14.1. The van der Waals surface area contributed by atoms with E-state index in [4.69, 9.17) is 5.26 Å². The van der Waals surface area contributed by atoms with Crippen molar-refractivity contribution >= 4 is 17.8 Å². The molecule has 4 rings (SSSR count). The summed E-state index contributed by atoms with van der Waals surface area (Å²) >= 11 is 0. The summed E-state index contributed by atoms with van der Waals surface area (Å²) in [7, 11) is 0. The van der Waals surface area contributed by atoms with E-state index in [1.165, 1.54) is 6.07 Å². The fourth-order valence-electron chi connectivity index (χ4n) is 3.18. The molecule has 0 aliphatic carbocycles. The van der Waals surface area contributed by atoms with Crippen LogP contribution in [0.15, 0.2) is 54.6 Å². The summed E-state index contributed by atoms with van der Waals surface area (Å²) in [6.07, 6.45) is 0. The van der Waals surface area contributed by atoms with Crippen LogP contribution in [0.1, 0.15) is 32.7 Å². The smallest absolute Gasteiger partial charge is 0.318 e. The minimum atomic E-state index is -0.358. The minimum absolute atomic E-state index is 0.183. The SMILES string of the molecule is N#Cc1cccc(C(=O)Nc2n[nH]c3c2CN(C(=O)NCc2ccccc2)C3)c1. The van der Waals surface area contributed by atoms with Gasteiger partial charge in [0.25, 0.3) is 5.91 Å². The number of aromatic amines is 1. The van der Waals surface area contributed by atoms with Crippen LogP contribution in [0.5, 0.6) is 0 Å². The number of nitriles is 1. The zero-order valence-electron chi connectivity index (χ0n) is 15.5. The summed E-state index contributed by atoms with van der Waals surface area (Å²) in [5.74, 6) is 0.0362. The molecular weight excluding hydrogens is 368 g/mol. The van der Waals surface area contributed by atoms with Crippen LogP contribution >= 0.6 is 0 Å². The maximum absolute atomic E-state index is 12.5. The summed E-state index contributed by atoms with van der Waals surface area (Å²) in [5, 5.41) is 21.7. The lowest BCUT2D eigenvalue weighted by Gasteiger charge is -2.17. The second-order valence-corrected chi connectivity index (χ2v) is 6.68. The molecule has 0 saturated carbocycles. The highest BCUT2D eigenvalue weighted by molar-refractivity contribution is 6.04. The van der Waals surface area contributed by atoms with Crippen molar-refractivity contribution in [1.82, 2.24) is 20.4 Å². The number of H-pyrrole nitrogens is 1. The standard InChI is InChI=1S/C21H18N6O2/c22-10-15-7-4-8-16(9-15)20(28)24-19-17-12-27(13-18(17)25-26-19)21(29)23-11-14-5-2-1-3-6-14/h1-9H,11-13H2,(H,23,29)(H2,24,25,26,28). The number of nitrogens with one attached hydrogen (secondary N) is 3. The quantitative estimate of drug-likeness (QED) is 0.640. The number of urea groups is 1. The van der Waals surface area contributed by atoms with Gasteiger partial charge in [0.15, 0.2) is 5.82 Å². The van der Waals surface area contributed by atoms with Gasteiger partial charge in [0, 0.05) is 17.7 Å². The lowest BCUT2D eigenvalue weighted by molar-refractivity contribution is 0.102. The van der Waals surface area contributed by atoms with E-state index in [9.17, 15) is 9.59 Å². The van der Waals surface area contributed by atoms with Crippen molar-refractivity contribution in [3.8, 4) is 6.07 Å². The Hall–Kier alpha value is -4.12. The monoisotopic (exact) mass is 386 g/mol. The van der Waals surface area contributed by atoms with Crippen LogP contribution in [0.3, 0.4) is 0 Å². The second kappa shape index (κ2) is 7.86. The Morgan fingerprint density at radius 1 is 1.14 bits per heavy atom. The molecule has 8 heteroatoms. The number of carbonyl (C=O) groups is 2. The molecule has 0 bridgehead atoms. The van der Waals surface area contributed by atoms with E-state index < -0.39 is 0 Å². The van der Waals surface area contributed by atoms with Crippen LogP contribution in [0.25, 0.3) is 0 Å². The highest BCUT2D eigenvalue weighted by Crippen LogP contribution is 2.27. The molecule has 0 fully saturated rings. The van der Waals surface area contributed by atoms with Crippen LogP contribution in [-0.2, 0) is 19.6 Å². The van der Waals surface area contributed by atoms with Gasteiger partial charge in [0.1, 0.15) is 0 Å². The van der Waals surface area contributed by atoms with Gasteiger partial charge in [-0.25, -0.2) is 4.79 Å². The fraction of sp³-hybridized carbons (Fsp3) is 0.143. The van der Waals surface area contributed by atoms with Gasteiger partial charge in [-0.05, 0) is 23.8 Å². The number of rotatable bonds is 4. The van der Waals surface area contributed by atoms with Crippen molar-refractivity contribution in [2.45, 2.75) is 19.6 Å². The van der Waals surface area contributed by atoms with Crippen molar-refractivity contribution < 1.29 is 9.59 Å². The number of amides is 3. The number of hydrogen-bond donors (Lipinski definition) is 3. The molecule has 0 atom stereocenters. The largest absolute Gasteiger partial charge is 0.334 e. The van der Waals surface area contributed by atoms with Crippen LogP contribution in [-0.4, -0.2) is 27.0 Å². The molecule has 3 amide bonds. The Kier molecular flexibility index (Phi) is 4.95. The van der Waals surface area contributed by atoms with Crippen molar-refractivity contribution in [2.24, 2.45) is 0 Å². The van der Waals surface area contributed by atoms with E-state index in [0.717, 1.165) is 16.8 Å². The minimum Gasteiger partial charge on any atom is -0.334 e. The Morgan fingerprint density at radius 3 is 2.76 bits per heavy atom. The molecule has 1 aliphatic heterocycles. The Balaban J connectivity index is 1.39. The number of carbonyl (C=O) groups excluding carboxylic acids is 2. The van der Waals surface area contributed by atoms with E-state index in [0.29, 0.717) is 36.6 Å². The molecule has 3 N–H and O–H groups in total. The predicted molar refractivity (Wildman–Crippen MR) is 106 cm³/mol. The summed E-state index contributed by atoms with van der Waals surface area (Å²) in [4.78, 5) is 26.6. The molecule has 0 radical (unpaired) electrons. The average Bonchev–Trinajstić information content (AvgIpc) is 3.35. The predicted octanol–water partition coefficient (Wildman–Crippen LogP) is 2.76. The molecule has 0 unspecified atom stereocenters. The molecule has 144 valence electrons. The number of nitrogens with zero attached hydrogens (tertiary/aromatic N) is 3. The third kappa shape index (κ3) is 3.94. The highest BCUT2D eigenvalue weighted by Gasteiger charge is 2.28. The van der Waals surface area contributed by atoms with Gasteiger partial charge in [0.2, 0.25) is 0 Å². The topological polar surface area (TPSA) is 114 Å². The number of anilines is 1. The molecule has 8 nitrogen and oxygen atoms in total. The Labute approximate surface area is 167 Å². The zero-order chi connectivity index (χ0) is 20.2. The van der Waals surface area contributed by atoms with Gasteiger partial charge in [-0.3, -0.25) is 9.89 Å². The normalized spacial score (nSPS) is 12.2. The molecule has 29 heavy (non-hydrogen) atoms. The van der Waals surface area contributed by atoms with Gasteiger partial charge in [-0.15, -0.1) is 0 Å². The van der Waals surface area contributed by atoms with E-state index in [1.807, 2.05) is 36.4 Å². The van der Waals surface area contributed by atoms with Crippen molar-refractivity contribution in [3.63, 3.8) is 0 Å². The van der Waals surface area contributed by atoms with Crippen LogP contribution in [0.2, 0.25) is 0 Å². The number of hydrogen-bond acceptors (Lipinski definition) is 4. The molecule has 0 saturated heterocycles. The van der Waals surface area contributed by atoms with Crippen LogP contribution < -0.4 is 10.6 Å². The van der Waals surface area contributed by atoms with Crippen LogP contribution in [0, 0.1) is 11.3 Å². The first kappa shape index (κ1) is 18.3. The molecule has 2 aromatic carbocycles. The maximum Gasteiger partial charge on any atom is 0.318 e. The van der Waals surface area contributed by atoms with Crippen molar-refractivity contribution in [2.75, 3.05) is 5.32 Å². The van der Waals surface area contributed by atoms with Gasteiger partial charge in [0.05, 0.1) is 30.4 Å². The molecular formula is C21H18N6O2. The summed E-state index contributed by atoms with van der Waals surface area (Å²) in [6.45, 7) is 1.18. The molecule has 1 aliphatic rings. The fourth-order valence-corrected chi connectivity index (χ4v) is 3.18. The Morgan fingerprint density at radius 2 is 1.97 bits per heavy atom.